The Morgan fingerprint density at radius 2 is 1.94 bits per heavy atom. The van der Waals surface area contributed by atoms with Crippen LogP contribution in [0.4, 0.5) is 11.6 Å². The molecular formula is C24H24ClN7O2. The number of nitrogens with zero attached hydrogens (tertiary/aromatic N) is 6. The third-order valence-electron chi connectivity index (χ3n) is 6.05. The van der Waals surface area contributed by atoms with E-state index in [1.807, 2.05) is 35.2 Å². The van der Waals surface area contributed by atoms with Gasteiger partial charge in [0.25, 0.3) is 0 Å². The van der Waals surface area contributed by atoms with Gasteiger partial charge >= 0.3 is 5.97 Å². The van der Waals surface area contributed by atoms with Crippen LogP contribution < -0.4 is 10.2 Å². The number of aromatic nitrogens is 4. The Morgan fingerprint density at radius 3 is 2.74 bits per heavy atom. The van der Waals surface area contributed by atoms with Gasteiger partial charge in [0, 0.05) is 43.3 Å². The lowest BCUT2D eigenvalue weighted by Crippen LogP contribution is -2.48. The number of nitrogens with one attached hydrogen (secondary N) is 1. The van der Waals surface area contributed by atoms with Crippen molar-refractivity contribution in [2.75, 3.05) is 42.9 Å². The molecule has 0 aliphatic carbocycles. The number of carboxylic acid groups (broad SMARTS) is 1. The van der Waals surface area contributed by atoms with E-state index >= 15 is 0 Å². The second kappa shape index (κ2) is 9.36. The zero-order valence-electron chi connectivity index (χ0n) is 18.6. The van der Waals surface area contributed by atoms with E-state index in [-0.39, 0.29) is 12.6 Å². The van der Waals surface area contributed by atoms with Crippen molar-refractivity contribution in [3.8, 4) is 0 Å². The number of carboxylic acids is 1. The molecule has 34 heavy (non-hydrogen) atoms. The first kappa shape index (κ1) is 22.2. The number of fused-ring (bicyclic) bond motifs is 2. The summed E-state index contributed by atoms with van der Waals surface area (Å²) < 4.78 is 0. The summed E-state index contributed by atoms with van der Waals surface area (Å²) in [7, 11) is 0. The fourth-order valence-electron chi connectivity index (χ4n) is 4.33. The topological polar surface area (TPSA) is 107 Å². The van der Waals surface area contributed by atoms with Crippen molar-refractivity contribution in [2.24, 2.45) is 0 Å². The fourth-order valence-corrected chi connectivity index (χ4v) is 4.56. The van der Waals surface area contributed by atoms with Crippen LogP contribution in [-0.4, -0.2) is 68.6 Å². The summed E-state index contributed by atoms with van der Waals surface area (Å²) in [4.78, 5) is 33.4. The predicted molar refractivity (Wildman–Crippen MR) is 132 cm³/mol. The summed E-state index contributed by atoms with van der Waals surface area (Å²) in [6, 6.07) is 11.5. The Labute approximate surface area is 201 Å². The quantitative estimate of drug-likeness (QED) is 0.430. The Kier molecular flexibility index (Phi) is 6.12. The van der Waals surface area contributed by atoms with Gasteiger partial charge in [-0.1, -0.05) is 23.7 Å². The highest BCUT2D eigenvalue weighted by atomic mass is 35.5. The molecule has 0 radical (unpaired) electrons. The highest BCUT2D eigenvalue weighted by Crippen LogP contribution is 2.34. The van der Waals surface area contributed by atoms with Crippen LogP contribution in [0.15, 0.2) is 48.9 Å². The first-order valence-electron chi connectivity index (χ1n) is 11.1. The van der Waals surface area contributed by atoms with Gasteiger partial charge in [-0.3, -0.25) is 14.7 Å². The number of anilines is 2. The molecular weight excluding hydrogens is 454 g/mol. The monoisotopic (exact) mass is 477 g/mol. The molecule has 2 N–H and O–H groups in total. The summed E-state index contributed by atoms with van der Waals surface area (Å²) in [6.07, 6.45) is 3.25. The largest absolute Gasteiger partial charge is 0.480 e. The van der Waals surface area contributed by atoms with Crippen molar-refractivity contribution in [3.63, 3.8) is 0 Å². The molecule has 1 saturated heterocycles. The second-order valence-electron chi connectivity index (χ2n) is 8.33. The molecule has 9 nitrogen and oxygen atoms in total. The summed E-state index contributed by atoms with van der Waals surface area (Å²) in [6.45, 7) is 4.76. The molecule has 4 heterocycles. The van der Waals surface area contributed by atoms with Crippen LogP contribution in [0.25, 0.3) is 21.9 Å². The molecule has 1 fully saturated rings. The van der Waals surface area contributed by atoms with Crippen molar-refractivity contribution < 1.29 is 9.90 Å². The Bertz CT molecular complexity index is 1350. The smallest absolute Gasteiger partial charge is 0.317 e. The minimum Gasteiger partial charge on any atom is -0.480 e. The summed E-state index contributed by atoms with van der Waals surface area (Å²) in [5, 5.41) is 14.2. The van der Waals surface area contributed by atoms with Crippen LogP contribution >= 0.6 is 11.6 Å². The number of hydrogen-bond acceptors (Lipinski definition) is 8. The maximum absolute atomic E-state index is 11.1. The Hall–Kier alpha value is -3.56. The molecule has 0 bridgehead atoms. The van der Waals surface area contributed by atoms with Gasteiger partial charge in [0.2, 0.25) is 0 Å². The highest BCUT2D eigenvalue weighted by Gasteiger charge is 2.25. The van der Waals surface area contributed by atoms with Gasteiger partial charge < -0.3 is 15.3 Å². The molecule has 0 spiro atoms. The fraction of sp³-hybridized carbons (Fsp3) is 0.292. The van der Waals surface area contributed by atoms with Gasteiger partial charge in [-0.15, -0.1) is 0 Å². The predicted octanol–water partition coefficient (Wildman–Crippen LogP) is 3.61. The van der Waals surface area contributed by atoms with E-state index in [2.05, 4.69) is 38.2 Å². The van der Waals surface area contributed by atoms with Gasteiger partial charge in [0.15, 0.2) is 5.82 Å². The molecule has 1 atom stereocenters. The van der Waals surface area contributed by atoms with Crippen LogP contribution in [-0.2, 0) is 4.79 Å². The molecule has 0 amide bonds. The van der Waals surface area contributed by atoms with Crippen molar-refractivity contribution in [2.45, 2.75) is 13.0 Å². The van der Waals surface area contributed by atoms with Crippen molar-refractivity contribution in [1.29, 1.82) is 0 Å². The van der Waals surface area contributed by atoms with E-state index in [4.69, 9.17) is 21.7 Å². The highest BCUT2D eigenvalue weighted by molar-refractivity contribution is 6.35. The first-order valence-corrected chi connectivity index (χ1v) is 11.5. The van der Waals surface area contributed by atoms with Gasteiger partial charge in [0.05, 0.1) is 28.6 Å². The number of hydrogen-bond donors (Lipinski definition) is 2. The average molecular weight is 478 g/mol. The van der Waals surface area contributed by atoms with Crippen molar-refractivity contribution in [1.82, 2.24) is 24.8 Å². The molecule has 0 saturated carbocycles. The number of benzene rings is 1. The Morgan fingerprint density at radius 1 is 1.12 bits per heavy atom. The molecule has 1 aliphatic heterocycles. The maximum atomic E-state index is 11.1. The lowest BCUT2D eigenvalue weighted by molar-refractivity contribution is -0.138. The minimum absolute atomic E-state index is 0.0451. The molecule has 1 aromatic carbocycles. The number of aliphatic carboxylic acids is 1. The summed E-state index contributed by atoms with van der Waals surface area (Å²) in [5.41, 5.74) is 3.23. The number of para-hydroxylation sites is 1. The van der Waals surface area contributed by atoms with Crippen LogP contribution in [0.5, 0.6) is 0 Å². The van der Waals surface area contributed by atoms with Gasteiger partial charge in [0.1, 0.15) is 17.7 Å². The molecule has 10 heteroatoms. The molecule has 5 rings (SSSR count). The molecule has 174 valence electrons. The van der Waals surface area contributed by atoms with E-state index in [0.717, 1.165) is 27.8 Å². The number of halogens is 1. The Balaban J connectivity index is 1.51. The van der Waals surface area contributed by atoms with Gasteiger partial charge in [-0.25, -0.2) is 15.0 Å². The van der Waals surface area contributed by atoms with E-state index in [1.165, 1.54) is 6.33 Å². The number of carbonyl (C=O) groups is 1. The van der Waals surface area contributed by atoms with Crippen LogP contribution in [0, 0.1) is 0 Å². The normalized spacial score (nSPS) is 15.5. The third-order valence-corrected chi connectivity index (χ3v) is 6.35. The SMILES string of the molecule is CC(Nc1ncnc2cccnc12)c1cc2cccc(Cl)c2nc1N1CCN(CC(=O)O)CC1. The maximum Gasteiger partial charge on any atom is 0.317 e. The van der Waals surface area contributed by atoms with Crippen LogP contribution in [0.3, 0.4) is 0 Å². The number of rotatable bonds is 6. The second-order valence-corrected chi connectivity index (χ2v) is 8.74. The van der Waals surface area contributed by atoms with Crippen molar-refractivity contribution >= 4 is 51.1 Å². The van der Waals surface area contributed by atoms with Gasteiger partial charge in [-0.05, 0) is 31.2 Å². The van der Waals surface area contributed by atoms with E-state index in [9.17, 15) is 4.79 Å². The molecule has 4 aromatic rings. The average Bonchev–Trinajstić information content (AvgIpc) is 2.84. The van der Waals surface area contributed by atoms with Crippen LogP contribution in [0.1, 0.15) is 18.5 Å². The zero-order chi connectivity index (χ0) is 23.7. The standard InChI is InChI=1S/C24H24ClN7O2/c1-15(29-23-22-19(27-14-28-23)6-3-7-26-22)17-12-16-4-2-5-18(25)21(16)30-24(17)32-10-8-31(9-11-32)13-20(33)34/h2-7,12,14-15H,8-11,13H2,1H3,(H,33,34)(H,27,28,29). The molecule has 1 aliphatic rings. The lowest BCUT2D eigenvalue weighted by Gasteiger charge is -2.36. The van der Waals surface area contributed by atoms with E-state index in [1.54, 1.807) is 6.20 Å². The minimum atomic E-state index is -0.812. The lowest BCUT2D eigenvalue weighted by atomic mass is 10.0. The molecule has 3 aromatic heterocycles. The van der Waals surface area contributed by atoms with Crippen LogP contribution in [0.2, 0.25) is 5.02 Å². The summed E-state index contributed by atoms with van der Waals surface area (Å²) >= 11 is 6.48. The van der Waals surface area contributed by atoms with E-state index < -0.39 is 5.97 Å². The van der Waals surface area contributed by atoms with Gasteiger partial charge in [-0.2, -0.15) is 0 Å². The zero-order valence-corrected chi connectivity index (χ0v) is 19.4. The summed E-state index contributed by atoms with van der Waals surface area (Å²) in [5.74, 6) is 0.677. The van der Waals surface area contributed by atoms with E-state index in [0.29, 0.717) is 42.5 Å². The third kappa shape index (κ3) is 4.44. The first-order chi connectivity index (χ1) is 16.5. The molecule has 1 unspecified atom stereocenters. The number of pyridine rings is 2. The van der Waals surface area contributed by atoms with Crippen molar-refractivity contribution in [3.05, 3.63) is 59.5 Å². The number of piperazine rings is 1.